The number of carbonyl (C=O) groups is 1. The lowest BCUT2D eigenvalue weighted by Crippen LogP contribution is -2.44. The van der Waals surface area contributed by atoms with Gasteiger partial charge in [-0.25, -0.2) is 13.6 Å². The third kappa shape index (κ3) is 2.36. The maximum Gasteiger partial charge on any atom is 0.319 e. The van der Waals surface area contributed by atoms with Crippen LogP contribution in [0.2, 0.25) is 0 Å². The molecule has 0 aromatic heterocycles. The van der Waals surface area contributed by atoms with Gasteiger partial charge >= 0.3 is 6.03 Å². The van der Waals surface area contributed by atoms with E-state index in [0.717, 1.165) is 12.1 Å². The van der Waals surface area contributed by atoms with E-state index in [1.54, 1.807) is 13.8 Å². The van der Waals surface area contributed by atoms with Gasteiger partial charge in [0.05, 0.1) is 12.1 Å². The molecule has 1 aliphatic heterocycles. The number of halogens is 2. The van der Waals surface area contributed by atoms with Gasteiger partial charge in [-0.2, -0.15) is 5.26 Å². The highest BCUT2D eigenvalue weighted by atomic mass is 19.2. The topological polar surface area (TPSA) is 56.1 Å². The molecule has 6 heteroatoms. The Morgan fingerprint density at radius 2 is 2.11 bits per heavy atom. The van der Waals surface area contributed by atoms with E-state index in [0.29, 0.717) is 5.56 Å². The third-order valence-corrected chi connectivity index (χ3v) is 3.20. The summed E-state index contributed by atoms with van der Waals surface area (Å²) in [5.74, 6) is -1.88. The number of nitriles is 1. The summed E-state index contributed by atoms with van der Waals surface area (Å²) in [6, 6.07) is 4.70. The van der Waals surface area contributed by atoms with Gasteiger partial charge < -0.3 is 10.2 Å². The van der Waals surface area contributed by atoms with Crippen molar-refractivity contribution in [1.82, 2.24) is 10.2 Å². The number of rotatable bonds is 2. The number of nitrogens with zero attached hydrogens (tertiary/aromatic N) is 2. The molecule has 0 saturated carbocycles. The van der Waals surface area contributed by atoms with Crippen LogP contribution in [0.3, 0.4) is 0 Å². The highest BCUT2D eigenvalue weighted by Crippen LogP contribution is 2.26. The average molecular weight is 265 g/mol. The molecule has 1 saturated heterocycles. The van der Waals surface area contributed by atoms with E-state index < -0.39 is 23.2 Å². The van der Waals surface area contributed by atoms with Crippen LogP contribution in [0, 0.1) is 23.0 Å². The second-order valence-electron chi connectivity index (χ2n) is 4.96. The molecule has 2 rings (SSSR count). The van der Waals surface area contributed by atoms with Gasteiger partial charge in [0.1, 0.15) is 5.54 Å². The molecule has 4 nitrogen and oxygen atoms in total. The van der Waals surface area contributed by atoms with Crippen LogP contribution >= 0.6 is 0 Å². The molecule has 0 aliphatic carbocycles. The number of amides is 2. The first-order valence-electron chi connectivity index (χ1n) is 5.79. The zero-order valence-electron chi connectivity index (χ0n) is 10.6. The maximum atomic E-state index is 13.2. The van der Waals surface area contributed by atoms with Crippen molar-refractivity contribution in [1.29, 1.82) is 5.26 Å². The van der Waals surface area contributed by atoms with Gasteiger partial charge in [-0.05, 0) is 31.5 Å². The van der Waals surface area contributed by atoms with Crippen LogP contribution in [-0.4, -0.2) is 23.0 Å². The summed E-state index contributed by atoms with van der Waals surface area (Å²) >= 11 is 0. The van der Waals surface area contributed by atoms with Crippen LogP contribution in [-0.2, 0) is 0 Å². The lowest BCUT2D eigenvalue weighted by molar-refractivity contribution is 0.186. The van der Waals surface area contributed by atoms with Crippen LogP contribution in [0.4, 0.5) is 13.6 Å². The predicted octanol–water partition coefficient (Wildman–Crippen LogP) is 2.33. The minimum absolute atomic E-state index is 0.241. The van der Waals surface area contributed by atoms with Gasteiger partial charge in [0.25, 0.3) is 0 Å². The fourth-order valence-corrected chi connectivity index (χ4v) is 2.00. The Morgan fingerprint density at radius 3 is 2.68 bits per heavy atom. The Bertz CT molecular complexity index is 565. The summed E-state index contributed by atoms with van der Waals surface area (Å²) < 4.78 is 26.0. The van der Waals surface area contributed by atoms with E-state index in [-0.39, 0.29) is 12.6 Å². The Balaban J connectivity index is 2.24. The second kappa shape index (κ2) is 4.50. The average Bonchev–Trinajstić information content (AvgIpc) is 2.75. The Kier molecular flexibility index (Phi) is 3.14. The molecule has 1 aliphatic rings. The Labute approximate surface area is 109 Å². The van der Waals surface area contributed by atoms with Gasteiger partial charge in [0.2, 0.25) is 0 Å². The van der Waals surface area contributed by atoms with E-state index in [4.69, 9.17) is 5.26 Å². The number of benzene rings is 1. The van der Waals surface area contributed by atoms with Crippen molar-refractivity contribution in [2.45, 2.75) is 25.4 Å². The maximum absolute atomic E-state index is 13.2. The van der Waals surface area contributed by atoms with Crippen LogP contribution < -0.4 is 5.32 Å². The molecule has 0 spiro atoms. The van der Waals surface area contributed by atoms with Crippen molar-refractivity contribution < 1.29 is 13.6 Å². The molecule has 0 radical (unpaired) electrons. The van der Waals surface area contributed by atoms with E-state index in [2.05, 4.69) is 5.32 Å². The number of nitrogens with one attached hydrogen (secondary N) is 1. The lowest BCUT2D eigenvalue weighted by atomic mass is 10.0. The summed E-state index contributed by atoms with van der Waals surface area (Å²) in [6.45, 7) is 3.49. The number of carbonyl (C=O) groups excluding carboxylic acids is 1. The summed E-state index contributed by atoms with van der Waals surface area (Å²) in [5, 5.41) is 11.7. The largest absolute Gasteiger partial charge is 0.329 e. The van der Waals surface area contributed by atoms with Crippen molar-refractivity contribution in [2.75, 3.05) is 6.54 Å². The SMILES string of the molecule is CC(C)(C#N)N1CC(c2ccc(F)c(F)c2)NC1=O. The van der Waals surface area contributed by atoms with E-state index in [1.165, 1.54) is 11.0 Å². The standard InChI is InChI=1S/C13H13F2N3O/c1-13(2,7-16)18-6-11(17-12(18)19)8-3-4-9(14)10(15)5-8/h3-5,11H,6H2,1-2H3,(H,17,19). The van der Waals surface area contributed by atoms with Crippen molar-refractivity contribution in [3.05, 3.63) is 35.4 Å². The van der Waals surface area contributed by atoms with Crippen LogP contribution in [0.1, 0.15) is 25.5 Å². The quantitative estimate of drug-likeness (QED) is 0.892. The first kappa shape index (κ1) is 13.3. The molecule has 0 bridgehead atoms. The number of hydrogen-bond acceptors (Lipinski definition) is 2. The first-order valence-corrected chi connectivity index (χ1v) is 5.79. The van der Waals surface area contributed by atoms with Gasteiger partial charge in [-0.1, -0.05) is 6.07 Å². The Hall–Kier alpha value is -2.16. The first-order chi connectivity index (χ1) is 8.85. The molecule has 100 valence electrons. The molecule has 19 heavy (non-hydrogen) atoms. The molecular formula is C13H13F2N3O. The van der Waals surface area contributed by atoms with Gasteiger partial charge in [-0.3, -0.25) is 0 Å². The molecule has 1 fully saturated rings. The van der Waals surface area contributed by atoms with Crippen LogP contribution in [0.25, 0.3) is 0 Å². The molecule has 1 N–H and O–H groups in total. The van der Waals surface area contributed by atoms with Crippen molar-refractivity contribution >= 4 is 6.03 Å². The zero-order chi connectivity index (χ0) is 14.2. The Morgan fingerprint density at radius 1 is 1.42 bits per heavy atom. The predicted molar refractivity (Wildman–Crippen MR) is 64.0 cm³/mol. The molecule has 1 heterocycles. The molecule has 1 aromatic rings. The van der Waals surface area contributed by atoms with E-state index >= 15 is 0 Å². The number of urea groups is 1. The van der Waals surface area contributed by atoms with Crippen LogP contribution in [0.15, 0.2) is 18.2 Å². The van der Waals surface area contributed by atoms with Crippen LogP contribution in [0.5, 0.6) is 0 Å². The van der Waals surface area contributed by atoms with Gasteiger partial charge in [-0.15, -0.1) is 0 Å². The van der Waals surface area contributed by atoms with Crippen molar-refractivity contribution in [3.63, 3.8) is 0 Å². The summed E-state index contributed by atoms with van der Waals surface area (Å²) in [4.78, 5) is 13.2. The minimum Gasteiger partial charge on any atom is -0.329 e. The molecule has 1 aromatic carbocycles. The third-order valence-electron chi connectivity index (χ3n) is 3.20. The summed E-state index contributed by atoms with van der Waals surface area (Å²) in [5.41, 5.74) is -0.472. The molecule has 2 amide bonds. The van der Waals surface area contributed by atoms with Crippen molar-refractivity contribution in [3.8, 4) is 6.07 Å². The summed E-state index contributed by atoms with van der Waals surface area (Å²) in [6.07, 6.45) is 0. The molecule has 1 atom stereocenters. The smallest absolute Gasteiger partial charge is 0.319 e. The fourth-order valence-electron chi connectivity index (χ4n) is 2.00. The molecular weight excluding hydrogens is 252 g/mol. The van der Waals surface area contributed by atoms with Gasteiger partial charge in [0.15, 0.2) is 11.6 Å². The normalized spacial score (nSPS) is 19.2. The zero-order valence-corrected chi connectivity index (χ0v) is 10.6. The van der Waals surface area contributed by atoms with Gasteiger partial charge in [0, 0.05) is 6.54 Å². The second-order valence-corrected chi connectivity index (χ2v) is 4.96. The highest BCUT2D eigenvalue weighted by molar-refractivity contribution is 5.78. The van der Waals surface area contributed by atoms with E-state index in [9.17, 15) is 13.6 Å². The molecule has 1 unspecified atom stereocenters. The van der Waals surface area contributed by atoms with Crippen molar-refractivity contribution in [2.24, 2.45) is 0 Å². The highest BCUT2D eigenvalue weighted by Gasteiger charge is 2.39. The lowest BCUT2D eigenvalue weighted by Gasteiger charge is -2.27. The monoisotopic (exact) mass is 265 g/mol. The fraction of sp³-hybridized carbons (Fsp3) is 0.385. The minimum atomic E-state index is -0.954. The van der Waals surface area contributed by atoms with E-state index in [1.807, 2.05) is 6.07 Å². The summed E-state index contributed by atoms with van der Waals surface area (Å²) in [7, 11) is 0. The number of hydrogen-bond donors (Lipinski definition) is 1.